The molecule has 10 nitrogen and oxygen atoms in total. The molecule has 7 N–H and O–H groups in total. The average Bonchev–Trinajstić information content (AvgIpc) is 2.70. The highest BCUT2D eigenvalue weighted by Crippen LogP contribution is 2.12. The fourth-order valence-electron chi connectivity index (χ4n) is 2.62. The van der Waals surface area contributed by atoms with Gasteiger partial charge in [0.2, 0.25) is 17.7 Å². The number of carboxylic acid groups (broad SMARTS) is 1. The molecule has 0 aromatic heterocycles. The molecule has 7 atom stereocenters. The predicted molar refractivity (Wildman–Crippen MR) is 116 cm³/mol. The van der Waals surface area contributed by atoms with E-state index < -0.39 is 54.0 Å². The molecule has 0 radical (unpaired) electrons. The number of aliphatic hydroxyl groups is 1. The normalized spacial score (nSPS) is 18.1. The number of thiol groups is 1. The van der Waals surface area contributed by atoms with Crippen molar-refractivity contribution in [1.82, 2.24) is 16.0 Å². The largest absolute Gasteiger partial charge is 0.480 e. The molecule has 174 valence electrons. The van der Waals surface area contributed by atoms with Gasteiger partial charge in [0.25, 0.3) is 0 Å². The van der Waals surface area contributed by atoms with Crippen LogP contribution in [0.5, 0.6) is 0 Å². The van der Waals surface area contributed by atoms with Crippen molar-refractivity contribution in [3.8, 4) is 0 Å². The van der Waals surface area contributed by atoms with Crippen molar-refractivity contribution in [3.05, 3.63) is 0 Å². The molecule has 0 saturated carbocycles. The maximum Gasteiger partial charge on any atom is 0.326 e. The monoisotopic (exact) mass is 448 g/mol. The van der Waals surface area contributed by atoms with E-state index in [1.807, 2.05) is 13.8 Å². The van der Waals surface area contributed by atoms with Gasteiger partial charge in [-0.1, -0.05) is 40.5 Å². The summed E-state index contributed by atoms with van der Waals surface area (Å²) in [5, 5.41) is 26.7. The minimum atomic E-state index is -1.34. The number of amides is 3. The Morgan fingerprint density at radius 3 is 1.63 bits per heavy atom. The number of carboxylic acids is 1. The van der Waals surface area contributed by atoms with Crippen molar-refractivity contribution in [2.24, 2.45) is 17.6 Å². The SMILES string of the molecule is CCC(C)C(NC(=O)C(NC(=O)C(NC(=O)C(N)CS)C(C)O)C(C)CC)C(=O)O. The number of nitrogens with one attached hydrogen (secondary N) is 3. The van der Waals surface area contributed by atoms with Gasteiger partial charge in [-0.25, -0.2) is 4.79 Å². The zero-order valence-corrected chi connectivity index (χ0v) is 19.1. The van der Waals surface area contributed by atoms with Gasteiger partial charge in [0.15, 0.2) is 0 Å². The standard InChI is InChI=1S/C19H36N4O6S/c1-6-9(3)13(17(26)22-14(19(28)29)10(4)7-2)21-18(27)15(11(5)24)23-16(25)12(20)8-30/h9-15,24,30H,6-8,20H2,1-5H3,(H,21,27)(H,22,26)(H,23,25)(H,28,29). The van der Waals surface area contributed by atoms with Crippen molar-refractivity contribution in [1.29, 1.82) is 0 Å². The van der Waals surface area contributed by atoms with E-state index in [2.05, 4.69) is 28.6 Å². The zero-order valence-electron chi connectivity index (χ0n) is 18.2. The Bertz CT molecular complexity index is 604. The number of rotatable bonds is 13. The molecule has 30 heavy (non-hydrogen) atoms. The third kappa shape index (κ3) is 8.49. The van der Waals surface area contributed by atoms with Crippen LogP contribution in [0.25, 0.3) is 0 Å². The molecule has 0 spiro atoms. The molecule has 0 rings (SSSR count). The van der Waals surface area contributed by atoms with Crippen LogP contribution in [-0.4, -0.2) is 69.9 Å². The molecule has 0 aromatic carbocycles. The number of aliphatic carboxylic acids is 1. The van der Waals surface area contributed by atoms with Crippen LogP contribution in [0.4, 0.5) is 0 Å². The lowest BCUT2D eigenvalue weighted by atomic mass is 9.95. The topological polar surface area (TPSA) is 171 Å². The zero-order chi connectivity index (χ0) is 23.6. The first-order valence-corrected chi connectivity index (χ1v) is 10.7. The Kier molecular flexibility index (Phi) is 12.6. The van der Waals surface area contributed by atoms with Crippen LogP contribution in [-0.2, 0) is 19.2 Å². The minimum absolute atomic E-state index is 0.0457. The minimum Gasteiger partial charge on any atom is -0.480 e. The second kappa shape index (κ2) is 13.5. The third-order valence-corrected chi connectivity index (χ3v) is 5.56. The van der Waals surface area contributed by atoms with Crippen LogP contribution >= 0.6 is 12.6 Å². The molecule has 0 fully saturated rings. The van der Waals surface area contributed by atoms with Crippen molar-refractivity contribution in [3.63, 3.8) is 0 Å². The van der Waals surface area contributed by atoms with Crippen LogP contribution in [0.3, 0.4) is 0 Å². The molecular weight excluding hydrogens is 412 g/mol. The van der Waals surface area contributed by atoms with Gasteiger partial charge in [0.05, 0.1) is 12.1 Å². The van der Waals surface area contributed by atoms with Crippen molar-refractivity contribution in [2.45, 2.75) is 77.7 Å². The highest BCUT2D eigenvalue weighted by atomic mass is 32.1. The lowest BCUT2D eigenvalue weighted by Crippen LogP contribution is -2.61. The quantitative estimate of drug-likeness (QED) is 0.182. The smallest absolute Gasteiger partial charge is 0.326 e. The van der Waals surface area contributed by atoms with Crippen molar-refractivity contribution < 1.29 is 29.4 Å². The van der Waals surface area contributed by atoms with E-state index in [9.17, 15) is 29.4 Å². The number of hydrogen-bond acceptors (Lipinski definition) is 7. The summed E-state index contributed by atoms with van der Waals surface area (Å²) in [5.74, 6) is -3.85. The van der Waals surface area contributed by atoms with Gasteiger partial charge in [-0.2, -0.15) is 12.6 Å². The van der Waals surface area contributed by atoms with Gasteiger partial charge in [0, 0.05) is 5.75 Å². The molecule has 0 saturated heterocycles. The molecule has 0 aromatic rings. The molecule has 7 unspecified atom stereocenters. The van der Waals surface area contributed by atoms with E-state index in [0.717, 1.165) is 0 Å². The number of carbonyl (C=O) groups is 4. The summed E-state index contributed by atoms with van der Waals surface area (Å²) in [6.45, 7) is 8.39. The molecule has 0 aliphatic heterocycles. The van der Waals surface area contributed by atoms with Crippen LogP contribution in [0.1, 0.15) is 47.5 Å². The summed E-state index contributed by atoms with van der Waals surface area (Å²) in [5.41, 5.74) is 5.59. The number of hydrogen-bond donors (Lipinski definition) is 7. The molecular formula is C19H36N4O6S. The van der Waals surface area contributed by atoms with Gasteiger partial charge >= 0.3 is 5.97 Å². The Hall–Kier alpha value is -1.85. The summed E-state index contributed by atoms with van der Waals surface area (Å²) in [4.78, 5) is 49.1. The van der Waals surface area contributed by atoms with Gasteiger partial charge in [-0.3, -0.25) is 14.4 Å². The molecule has 0 aliphatic carbocycles. The summed E-state index contributed by atoms with van der Waals surface area (Å²) < 4.78 is 0. The molecule has 11 heteroatoms. The average molecular weight is 449 g/mol. The van der Waals surface area contributed by atoms with E-state index in [1.165, 1.54) is 6.92 Å². The second-order valence-corrected chi connectivity index (χ2v) is 7.96. The van der Waals surface area contributed by atoms with Crippen LogP contribution in [0.15, 0.2) is 0 Å². The number of aliphatic hydroxyl groups excluding tert-OH is 1. The van der Waals surface area contributed by atoms with E-state index in [1.54, 1.807) is 13.8 Å². The highest BCUT2D eigenvalue weighted by molar-refractivity contribution is 7.80. The highest BCUT2D eigenvalue weighted by Gasteiger charge is 2.35. The Morgan fingerprint density at radius 1 is 0.833 bits per heavy atom. The summed E-state index contributed by atoms with van der Waals surface area (Å²) in [7, 11) is 0. The Morgan fingerprint density at radius 2 is 1.23 bits per heavy atom. The lowest BCUT2D eigenvalue weighted by Gasteiger charge is -2.29. The maximum atomic E-state index is 12.8. The van der Waals surface area contributed by atoms with Crippen LogP contribution in [0.2, 0.25) is 0 Å². The van der Waals surface area contributed by atoms with E-state index in [0.29, 0.717) is 12.8 Å². The van der Waals surface area contributed by atoms with Gasteiger partial charge < -0.3 is 31.9 Å². The predicted octanol–water partition coefficient (Wildman–Crippen LogP) is -0.744. The fraction of sp³-hybridized carbons (Fsp3) is 0.789. The second-order valence-electron chi connectivity index (χ2n) is 7.60. The third-order valence-electron chi connectivity index (χ3n) is 5.17. The number of carbonyl (C=O) groups excluding carboxylic acids is 3. The Balaban J connectivity index is 5.52. The van der Waals surface area contributed by atoms with Gasteiger partial charge in [-0.15, -0.1) is 0 Å². The van der Waals surface area contributed by atoms with Crippen LogP contribution < -0.4 is 21.7 Å². The first kappa shape index (κ1) is 28.1. The molecule has 0 aliphatic rings. The fourth-order valence-corrected chi connectivity index (χ4v) is 2.79. The van der Waals surface area contributed by atoms with Crippen molar-refractivity contribution >= 4 is 36.3 Å². The number of nitrogens with two attached hydrogens (primary N) is 1. The summed E-state index contributed by atoms with van der Waals surface area (Å²) >= 11 is 3.93. The van der Waals surface area contributed by atoms with Gasteiger partial charge in [-0.05, 0) is 18.8 Å². The molecule has 0 bridgehead atoms. The van der Waals surface area contributed by atoms with Crippen molar-refractivity contribution in [2.75, 3.05) is 5.75 Å². The molecule has 0 heterocycles. The van der Waals surface area contributed by atoms with Gasteiger partial charge in [0.1, 0.15) is 18.1 Å². The first-order valence-electron chi connectivity index (χ1n) is 10.1. The first-order chi connectivity index (χ1) is 13.9. The Labute approximate surface area is 183 Å². The van der Waals surface area contributed by atoms with E-state index in [-0.39, 0.29) is 17.6 Å². The van der Waals surface area contributed by atoms with E-state index >= 15 is 0 Å². The van der Waals surface area contributed by atoms with E-state index in [4.69, 9.17) is 5.73 Å². The summed E-state index contributed by atoms with van der Waals surface area (Å²) in [6.07, 6.45) is -0.192. The maximum absolute atomic E-state index is 12.8. The summed E-state index contributed by atoms with van der Waals surface area (Å²) in [6, 6.07) is -4.47. The van der Waals surface area contributed by atoms with Crippen LogP contribution in [0, 0.1) is 11.8 Å². The lowest BCUT2D eigenvalue weighted by molar-refractivity contribution is -0.144. The molecule has 3 amide bonds.